The van der Waals surface area contributed by atoms with E-state index in [9.17, 15) is 9.18 Å². The average Bonchev–Trinajstić information content (AvgIpc) is 3.12. The van der Waals surface area contributed by atoms with Crippen molar-refractivity contribution in [1.82, 2.24) is 20.5 Å². The first-order valence-electron chi connectivity index (χ1n) is 8.24. The lowest BCUT2D eigenvalue weighted by molar-refractivity contribution is -0.120. The van der Waals surface area contributed by atoms with E-state index in [0.29, 0.717) is 19.0 Å². The maximum absolute atomic E-state index is 12.8. The molecule has 0 saturated carbocycles. The molecule has 25 heavy (non-hydrogen) atoms. The minimum atomic E-state index is -0.302. The maximum atomic E-state index is 12.8. The Morgan fingerprint density at radius 3 is 2.36 bits per heavy atom. The highest BCUT2D eigenvalue weighted by Crippen LogP contribution is 2.03. The number of aliphatic imine (C=N–C) groups is 1. The van der Waals surface area contributed by atoms with Crippen molar-refractivity contribution < 1.29 is 9.18 Å². The predicted molar refractivity (Wildman–Crippen MR) is 96.9 cm³/mol. The summed E-state index contributed by atoms with van der Waals surface area (Å²) in [5.41, 5.74) is 0.786. The van der Waals surface area contributed by atoms with E-state index < -0.39 is 0 Å². The van der Waals surface area contributed by atoms with Gasteiger partial charge in [0.1, 0.15) is 5.82 Å². The third-order valence-corrected chi connectivity index (χ3v) is 3.57. The van der Waals surface area contributed by atoms with Crippen molar-refractivity contribution >= 4 is 11.9 Å². The van der Waals surface area contributed by atoms with Gasteiger partial charge in [0, 0.05) is 45.6 Å². The van der Waals surface area contributed by atoms with Gasteiger partial charge in [0.15, 0.2) is 5.96 Å². The number of hydrogen-bond donors (Lipinski definition) is 3. The molecule has 0 fully saturated rings. The number of aromatic nitrogens is 1. The summed E-state index contributed by atoms with van der Waals surface area (Å²) in [5.74, 6) is 0.299. The number of nitrogens with zero attached hydrogens (tertiary/aromatic N) is 2. The number of carbonyl (C=O) groups excluding carboxylic acids is 1. The molecule has 1 heterocycles. The Bertz CT molecular complexity index is 667. The van der Waals surface area contributed by atoms with E-state index in [1.165, 1.54) is 12.1 Å². The van der Waals surface area contributed by atoms with E-state index in [1.807, 2.05) is 24.5 Å². The fourth-order valence-corrected chi connectivity index (χ4v) is 2.28. The Morgan fingerprint density at radius 2 is 1.68 bits per heavy atom. The Morgan fingerprint density at radius 1 is 1.04 bits per heavy atom. The number of carbonyl (C=O) groups is 1. The van der Waals surface area contributed by atoms with Gasteiger partial charge in [0.05, 0.1) is 6.42 Å². The molecular formula is C18H24FN5O. The lowest BCUT2D eigenvalue weighted by Crippen LogP contribution is -2.42. The molecule has 0 aliphatic carbocycles. The van der Waals surface area contributed by atoms with Gasteiger partial charge in [0.2, 0.25) is 5.91 Å². The molecule has 0 saturated heterocycles. The molecule has 6 nitrogen and oxygen atoms in total. The molecule has 1 aromatic heterocycles. The van der Waals surface area contributed by atoms with Gasteiger partial charge in [-0.25, -0.2) is 4.39 Å². The van der Waals surface area contributed by atoms with Crippen molar-refractivity contribution in [1.29, 1.82) is 0 Å². The molecule has 1 aromatic carbocycles. The van der Waals surface area contributed by atoms with Gasteiger partial charge in [-0.15, -0.1) is 0 Å². The second-order valence-corrected chi connectivity index (χ2v) is 5.50. The van der Waals surface area contributed by atoms with Crippen LogP contribution in [0.4, 0.5) is 4.39 Å². The highest BCUT2D eigenvalue weighted by molar-refractivity contribution is 5.80. The standard InChI is InChI=1S/C18H24FN5O/c1-20-18(23-10-13-24-11-2-3-12-24)22-9-8-21-17(25)14-15-4-6-16(19)7-5-15/h2-7,11-12H,8-10,13-14H2,1H3,(H,21,25)(H2,20,22,23). The number of benzene rings is 1. The van der Waals surface area contributed by atoms with Crippen molar-refractivity contribution in [3.05, 3.63) is 60.2 Å². The van der Waals surface area contributed by atoms with E-state index in [1.54, 1.807) is 19.2 Å². The Hall–Kier alpha value is -2.83. The predicted octanol–water partition coefficient (Wildman–Crippen LogP) is 1.15. The van der Waals surface area contributed by atoms with Gasteiger partial charge in [-0.05, 0) is 29.8 Å². The lowest BCUT2D eigenvalue weighted by Gasteiger charge is -2.12. The highest BCUT2D eigenvalue weighted by Gasteiger charge is 2.03. The molecule has 2 rings (SSSR count). The maximum Gasteiger partial charge on any atom is 0.224 e. The molecule has 0 spiro atoms. The molecule has 0 bridgehead atoms. The Kier molecular flexibility index (Phi) is 7.49. The molecule has 0 atom stereocenters. The summed E-state index contributed by atoms with van der Waals surface area (Å²) in [6.45, 7) is 2.66. The Balaban J connectivity index is 1.58. The van der Waals surface area contributed by atoms with Crippen LogP contribution in [0.15, 0.2) is 53.8 Å². The molecule has 3 N–H and O–H groups in total. The number of amides is 1. The SMILES string of the molecule is CN=C(NCCNC(=O)Cc1ccc(F)cc1)NCCn1cccc1. The van der Waals surface area contributed by atoms with E-state index >= 15 is 0 Å². The van der Waals surface area contributed by atoms with E-state index in [2.05, 4.69) is 25.5 Å². The molecule has 2 aromatic rings. The van der Waals surface area contributed by atoms with E-state index in [0.717, 1.165) is 18.7 Å². The van der Waals surface area contributed by atoms with Crippen LogP contribution in [0.3, 0.4) is 0 Å². The molecule has 7 heteroatoms. The first-order valence-corrected chi connectivity index (χ1v) is 8.24. The van der Waals surface area contributed by atoms with E-state index in [-0.39, 0.29) is 18.1 Å². The summed E-state index contributed by atoms with van der Waals surface area (Å²) >= 11 is 0. The lowest BCUT2D eigenvalue weighted by atomic mass is 10.1. The van der Waals surface area contributed by atoms with Gasteiger partial charge >= 0.3 is 0 Å². The third-order valence-electron chi connectivity index (χ3n) is 3.57. The molecule has 1 amide bonds. The summed E-state index contributed by atoms with van der Waals surface area (Å²) in [6, 6.07) is 9.91. The summed E-state index contributed by atoms with van der Waals surface area (Å²) in [4.78, 5) is 16.0. The van der Waals surface area contributed by atoms with Gasteiger partial charge in [-0.3, -0.25) is 9.79 Å². The van der Waals surface area contributed by atoms with Gasteiger partial charge in [-0.2, -0.15) is 0 Å². The molecule has 0 aliphatic heterocycles. The minimum absolute atomic E-state index is 0.0936. The number of halogens is 1. The van der Waals surface area contributed by atoms with Crippen LogP contribution >= 0.6 is 0 Å². The minimum Gasteiger partial charge on any atom is -0.355 e. The molecule has 0 unspecified atom stereocenters. The second-order valence-electron chi connectivity index (χ2n) is 5.50. The van der Waals surface area contributed by atoms with Crippen LogP contribution in [-0.4, -0.2) is 43.1 Å². The summed E-state index contributed by atoms with van der Waals surface area (Å²) < 4.78 is 14.9. The monoisotopic (exact) mass is 345 g/mol. The Labute approximate surface area is 147 Å². The quantitative estimate of drug-likeness (QED) is 0.382. The number of nitrogens with one attached hydrogen (secondary N) is 3. The number of guanidine groups is 1. The van der Waals surface area contributed by atoms with Crippen molar-refractivity contribution in [3.8, 4) is 0 Å². The smallest absolute Gasteiger partial charge is 0.224 e. The van der Waals surface area contributed by atoms with Crippen LogP contribution in [0.25, 0.3) is 0 Å². The highest BCUT2D eigenvalue weighted by atomic mass is 19.1. The van der Waals surface area contributed by atoms with Crippen LogP contribution in [0.2, 0.25) is 0 Å². The van der Waals surface area contributed by atoms with Crippen LogP contribution < -0.4 is 16.0 Å². The zero-order valence-corrected chi connectivity index (χ0v) is 14.3. The van der Waals surface area contributed by atoms with Gasteiger partial charge in [-0.1, -0.05) is 12.1 Å². The van der Waals surface area contributed by atoms with Crippen molar-refractivity contribution in [2.45, 2.75) is 13.0 Å². The normalized spacial score (nSPS) is 11.2. The van der Waals surface area contributed by atoms with Crippen LogP contribution in [0, 0.1) is 5.82 Å². The number of rotatable bonds is 8. The molecule has 0 aliphatic rings. The number of hydrogen-bond acceptors (Lipinski definition) is 2. The topological polar surface area (TPSA) is 70.4 Å². The molecule has 0 radical (unpaired) electrons. The van der Waals surface area contributed by atoms with E-state index in [4.69, 9.17) is 0 Å². The molecular weight excluding hydrogens is 321 g/mol. The van der Waals surface area contributed by atoms with Gasteiger partial charge < -0.3 is 20.5 Å². The van der Waals surface area contributed by atoms with Crippen LogP contribution in [0.5, 0.6) is 0 Å². The fourth-order valence-electron chi connectivity index (χ4n) is 2.28. The third kappa shape index (κ3) is 7.07. The first-order chi connectivity index (χ1) is 12.2. The summed E-state index contributed by atoms with van der Waals surface area (Å²) in [6.07, 6.45) is 4.26. The fraction of sp³-hybridized carbons (Fsp3) is 0.333. The van der Waals surface area contributed by atoms with Crippen molar-refractivity contribution in [3.63, 3.8) is 0 Å². The van der Waals surface area contributed by atoms with Crippen molar-refractivity contribution in [2.24, 2.45) is 4.99 Å². The summed E-state index contributed by atoms with van der Waals surface area (Å²) in [7, 11) is 1.71. The van der Waals surface area contributed by atoms with Crippen LogP contribution in [0.1, 0.15) is 5.56 Å². The van der Waals surface area contributed by atoms with Gasteiger partial charge in [0.25, 0.3) is 0 Å². The second kappa shape index (κ2) is 10.1. The zero-order valence-electron chi connectivity index (χ0n) is 14.3. The largest absolute Gasteiger partial charge is 0.355 e. The average molecular weight is 345 g/mol. The zero-order chi connectivity index (χ0) is 17.9. The van der Waals surface area contributed by atoms with Crippen molar-refractivity contribution in [2.75, 3.05) is 26.7 Å². The first kappa shape index (κ1) is 18.5. The molecule has 134 valence electrons. The van der Waals surface area contributed by atoms with Crippen LogP contribution in [-0.2, 0) is 17.8 Å². The summed E-state index contributed by atoms with van der Waals surface area (Å²) in [5, 5.41) is 9.17.